The molecule has 5 amide bonds. The van der Waals surface area contributed by atoms with Crippen molar-refractivity contribution in [3.63, 3.8) is 0 Å². The minimum atomic E-state index is -1.67. The van der Waals surface area contributed by atoms with Gasteiger partial charge >= 0.3 is 5.97 Å². The van der Waals surface area contributed by atoms with Crippen LogP contribution in [0.15, 0.2) is 0 Å². The van der Waals surface area contributed by atoms with Gasteiger partial charge in [0.05, 0.1) is 25.5 Å². The summed E-state index contributed by atoms with van der Waals surface area (Å²) in [5, 5.41) is 24.5. The molecule has 0 saturated heterocycles. The lowest BCUT2D eigenvalue weighted by Gasteiger charge is -2.24. The molecule has 0 aromatic carbocycles. The molecule has 0 rings (SSSR count). The number of aliphatic hydroxyl groups excluding tert-OH is 1. The normalized spacial score (nSPS) is 14.4. The number of thioether (sulfide) groups is 1. The molecule has 0 spiro atoms. The number of carboxylic acids is 1. The van der Waals surface area contributed by atoms with E-state index in [1.807, 2.05) is 5.32 Å². The first-order valence-electron chi connectivity index (χ1n) is 8.98. The van der Waals surface area contributed by atoms with Crippen molar-refractivity contribution in [2.45, 2.75) is 43.4 Å². The first kappa shape index (κ1) is 28.1. The third-order valence-electron chi connectivity index (χ3n) is 3.84. The Bertz CT molecular complexity index is 691. The summed E-state index contributed by atoms with van der Waals surface area (Å²) in [6.45, 7) is -0.928. The topological polar surface area (TPSA) is 257 Å². The minimum absolute atomic E-state index is 0.112. The first-order chi connectivity index (χ1) is 14.4. The average Bonchev–Trinajstić information content (AvgIpc) is 2.66. The van der Waals surface area contributed by atoms with E-state index >= 15 is 0 Å². The fourth-order valence-corrected chi connectivity index (χ4v) is 2.70. The van der Waals surface area contributed by atoms with E-state index < -0.39 is 79.1 Å². The van der Waals surface area contributed by atoms with Gasteiger partial charge < -0.3 is 43.4 Å². The molecule has 11 N–H and O–H groups in total. The van der Waals surface area contributed by atoms with Gasteiger partial charge in [-0.25, -0.2) is 4.79 Å². The molecule has 4 unspecified atom stereocenters. The molecule has 0 saturated carbocycles. The van der Waals surface area contributed by atoms with Gasteiger partial charge in [-0.15, -0.1) is 0 Å². The van der Waals surface area contributed by atoms with E-state index in [1.54, 1.807) is 6.26 Å². The second kappa shape index (κ2) is 14.2. The van der Waals surface area contributed by atoms with Crippen LogP contribution in [-0.4, -0.2) is 88.5 Å². The van der Waals surface area contributed by atoms with Crippen LogP contribution < -0.4 is 33.2 Å². The molecule has 0 aromatic rings. The van der Waals surface area contributed by atoms with E-state index in [1.165, 1.54) is 11.8 Å². The van der Waals surface area contributed by atoms with Gasteiger partial charge in [-0.05, 0) is 18.4 Å². The van der Waals surface area contributed by atoms with E-state index in [9.17, 15) is 28.8 Å². The molecule has 0 bridgehead atoms. The Kier molecular flexibility index (Phi) is 12.8. The molecule has 14 nitrogen and oxygen atoms in total. The van der Waals surface area contributed by atoms with Crippen molar-refractivity contribution in [2.75, 3.05) is 18.6 Å². The fraction of sp³-hybridized carbons (Fsp3) is 0.625. The molecule has 31 heavy (non-hydrogen) atoms. The summed E-state index contributed by atoms with van der Waals surface area (Å²) < 4.78 is 0. The third-order valence-corrected chi connectivity index (χ3v) is 4.48. The Labute approximate surface area is 182 Å². The van der Waals surface area contributed by atoms with E-state index in [0.717, 1.165) is 0 Å². The molecule has 4 atom stereocenters. The van der Waals surface area contributed by atoms with Crippen LogP contribution in [-0.2, 0) is 28.8 Å². The zero-order valence-electron chi connectivity index (χ0n) is 16.8. The second-order valence-corrected chi connectivity index (χ2v) is 7.42. The van der Waals surface area contributed by atoms with Crippen molar-refractivity contribution in [1.29, 1.82) is 0 Å². The maximum atomic E-state index is 12.6. The molecule has 15 heteroatoms. The number of hydrogen-bond acceptors (Lipinski definition) is 9. The van der Waals surface area contributed by atoms with Crippen molar-refractivity contribution in [3.8, 4) is 0 Å². The zero-order chi connectivity index (χ0) is 24.1. The summed E-state index contributed by atoms with van der Waals surface area (Å²) in [6, 6.07) is -5.72. The summed E-state index contributed by atoms with van der Waals surface area (Å²) >= 11 is 1.36. The molecule has 0 aliphatic rings. The lowest BCUT2D eigenvalue weighted by Crippen LogP contribution is -2.58. The number of carbonyl (C=O) groups excluding carboxylic acids is 5. The van der Waals surface area contributed by atoms with Crippen LogP contribution >= 0.6 is 11.8 Å². The highest BCUT2D eigenvalue weighted by Gasteiger charge is 2.31. The van der Waals surface area contributed by atoms with Crippen molar-refractivity contribution >= 4 is 47.3 Å². The summed E-state index contributed by atoms with van der Waals surface area (Å²) in [4.78, 5) is 70.3. The largest absolute Gasteiger partial charge is 0.480 e. The fourth-order valence-electron chi connectivity index (χ4n) is 2.23. The van der Waals surface area contributed by atoms with E-state index in [-0.39, 0.29) is 6.42 Å². The van der Waals surface area contributed by atoms with Crippen LogP contribution in [0.2, 0.25) is 0 Å². The van der Waals surface area contributed by atoms with Crippen LogP contribution in [0.4, 0.5) is 0 Å². The van der Waals surface area contributed by atoms with E-state index in [2.05, 4.69) is 10.6 Å². The minimum Gasteiger partial charge on any atom is -0.480 e. The smallest absolute Gasteiger partial charge is 0.328 e. The van der Waals surface area contributed by atoms with Crippen LogP contribution in [0.3, 0.4) is 0 Å². The van der Waals surface area contributed by atoms with Crippen LogP contribution in [0.25, 0.3) is 0 Å². The molecular formula is C16H28N6O8S. The van der Waals surface area contributed by atoms with E-state index in [4.69, 9.17) is 27.4 Å². The van der Waals surface area contributed by atoms with Gasteiger partial charge in [-0.3, -0.25) is 24.0 Å². The summed E-state index contributed by atoms with van der Waals surface area (Å²) in [7, 11) is 0. The van der Waals surface area contributed by atoms with Gasteiger partial charge in [-0.1, -0.05) is 0 Å². The van der Waals surface area contributed by atoms with E-state index in [0.29, 0.717) is 5.75 Å². The highest BCUT2D eigenvalue weighted by molar-refractivity contribution is 7.98. The van der Waals surface area contributed by atoms with Crippen LogP contribution in [0.1, 0.15) is 19.3 Å². The molecular weight excluding hydrogens is 436 g/mol. The standard InChI is InChI=1S/C16H28N6O8S/c1-31-3-2-8(20-13(26)7(17)4-11(18)24)14(27)21-9(5-12(19)25)15(28)22-10(6-23)16(29)30/h7-10,23H,2-6,17H2,1H3,(H2,18,24)(H2,19,25)(H,20,26)(H,21,27)(H,22,28)(H,29,30). The predicted molar refractivity (Wildman–Crippen MR) is 109 cm³/mol. The number of carbonyl (C=O) groups is 6. The Balaban J connectivity index is 5.40. The van der Waals surface area contributed by atoms with Gasteiger partial charge in [0, 0.05) is 0 Å². The van der Waals surface area contributed by atoms with Crippen molar-refractivity contribution in [3.05, 3.63) is 0 Å². The average molecular weight is 465 g/mol. The zero-order valence-corrected chi connectivity index (χ0v) is 17.6. The molecule has 0 radical (unpaired) electrons. The van der Waals surface area contributed by atoms with Crippen LogP contribution in [0.5, 0.6) is 0 Å². The van der Waals surface area contributed by atoms with Crippen LogP contribution in [0, 0.1) is 0 Å². The Morgan fingerprint density at radius 2 is 1.32 bits per heavy atom. The van der Waals surface area contributed by atoms with Crippen molar-refractivity contribution in [1.82, 2.24) is 16.0 Å². The Morgan fingerprint density at radius 3 is 1.77 bits per heavy atom. The van der Waals surface area contributed by atoms with Crippen molar-refractivity contribution in [2.24, 2.45) is 17.2 Å². The van der Waals surface area contributed by atoms with Gasteiger partial charge in [-0.2, -0.15) is 11.8 Å². The van der Waals surface area contributed by atoms with Gasteiger partial charge in [0.1, 0.15) is 18.1 Å². The second-order valence-electron chi connectivity index (χ2n) is 6.43. The summed E-state index contributed by atoms with van der Waals surface area (Å²) in [5.41, 5.74) is 15.6. The number of primary amides is 2. The number of amides is 5. The van der Waals surface area contributed by atoms with Crippen molar-refractivity contribution < 1.29 is 39.0 Å². The highest BCUT2D eigenvalue weighted by Crippen LogP contribution is 2.04. The predicted octanol–water partition coefficient (Wildman–Crippen LogP) is -4.65. The lowest BCUT2D eigenvalue weighted by molar-refractivity contribution is -0.143. The number of rotatable bonds is 15. The monoisotopic (exact) mass is 464 g/mol. The maximum Gasteiger partial charge on any atom is 0.328 e. The number of nitrogens with one attached hydrogen (secondary N) is 3. The summed E-state index contributed by atoms with van der Waals surface area (Å²) in [5.74, 6) is -5.68. The Morgan fingerprint density at radius 1 is 0.839 bits per heavy atom. The Hall–Kier alpha value is -2.91. The number of carboxylic acid groups (broad SMARTS) is 1. The molecule has 0 aliphatic carbocycles. The first-order valence-corrected chi connectivity index (χ1v) is 10.4. The quantitative estimate of drug-likeness (QED) is 0.115. The number of hydrogen-bond donors (Lipinski definition) is 8. The maximum absolute atomic E-state index is 12.6. The number of nitrogens with two attached hydrogens (primary N) is 3. The van der Waals surface area contributed by atoms with Gasteiger partial charge in [0.25, 0.3) is 0 Å². The SMILES string of the molecule is CSCCC(NC(=O)C(N)CC(N)=O)C(=O)NC(CC(N)=O)C(=O)NC(CO)C(=O)O. The van der Waals surface area contributed by atoms with Gasteiger partial charge in [0.2, 0.25) is 29.5 Å². The molecule has 0 heterocycles. The third kappa shape index (κ3) is 11.2. The highest BCUT2D eigenvalue weighted by atomic mass is 32.2. The number of aliphatic hydroxyl groups is 1. The summed E-state index contributed by atoms with van der Waals surface area (Å²) in [6.07, 6.45) is 0.744. The number of aliphatic carboxylic acids is 1. The molecule has 0 aromatic heterocycles. The van der Waals surface area contributed by atoms with Gasteiger partial charge in [0.15, 0.2) is 0 Å². The molecule has 0 aliphatic heterocycles. The molecule has 0 fully saturated rings. The molecule has 176 valence electrons. The lowest BCUT2D eigenvalue weighted by atomic mass is 10.1.